The van der Waals surface area contributed by atoms with Crippen molar-refractivity contribution in [3.05, 3.63) is 11.6 Å². The van der Waals surface area contributed by atoms with Crippen LogP contribution in [0.4, 0.5) is 13.2 Å². The third kappa shape index (κ3) is 4.10. The van der Waals surface area contributed by atoms with Gasteiger partial charge >= 0.3 is 6.18 Å². The molecule has 0 radical (unpaired) electrons. The fourth-order valence-electron chi connectivity index (χ4n) is 11.1. The number of halogens is 3. The summed E-state index contributed by atoms with van der Waals surface area (Å²) in [5, 5.41) is 12.1. The van der Waals surface area contributed by atoms with E-state index in [9.17, 15) is 32.8 Å². The Morgan fingerprint density at radius 3 is 2.22 bits per heavy atom. The van der Waals surface area contributed by atoms with Crippen LogP contribution >= 0.6 is 0 Å². The molecule has 8 heteroatoms. The molecule has 0 saturated heterocycles. The summed E-state index contributed by atoms with van der Waals surface area (Å²) in [6, 6.07) is 2.14. The number of nitriles is 1. The van der Waals surface area contributed by atoms with E-state index in [1.165, 1.54) is 0 Å². The number of hydrogen-bond donors (Lipinski definition) is 1. The van der Waals surface area contributed by atoms with Crippen molar-refractivity contribution in [2.75, 3.05) is 6.54 Å². The van der Waals surface area contributed by atoms with Crippen molar-refractivity contribution in [1.29, 1.82) is 5.26 Å². The smallest absolute Gasteiger partial charge is 0.346 e. The number of carbonyl (C=O) groups excluding carboxylic acids is 3. The molecule has 5 aliphatic carbocycles. The van der Waals surface area contributed by atoms with Crippen molar-refractivity contribution in [3.8, 4) is 6.07 Å². The zero-order chi connectivity index (χ0) is 30.6. The van der Waals surface area contributed by atoms with E-state index < -0.39 is 46.2 Å². The molecule has 0 aromatic heterocycles. The van der Waals surface area contributed by atoms with Crippen LogP contribution in [0.25, 0.3) is 0 Å². The molecule has 1 amide bonds. The summed E-state index contributed by atoms with van der Waals surface area (Å²) in [7, 11) is 0. The second-order valence-corrected chi connectivity index (χ2v) is 16.1. The number of nitrogens with zero attached hydrogens (tertiary/aromatic N) is 1. The van der Waals surface area contributed by atoms with Gasteiger partial charge in [0.15, 0.2) is 5.78 Å². The van der Waals surface area contributed by atoms with Gasteiger partial charge in [-0.05, 0) is 84.4 Å². The SMILES string of the molecule is CC1(C)CC[C@]2(C(=O)NCC(F)(F)F)CC[C@]3(C)[C@H](C(=O)C[C@@H]4[C@@]5(C)C=C(C#N)C(=O)C(C)(C)[C@@H]5CC[C@]43C)[C@@H]2C1. The first kappa shape index (κ1) is 30.3. The lowest BCUT2D eigenvalue weighted by atomic mass is 9.31. The standard InChI is InChI=1S/C33H45F3N2O3/c1-27(2)10-12-32(26(41)38-18-33(34,35)36)13-11-31(7)24(20(32)16-27)21(39)14-23-29(5)15-19(17-37)25(40)28(3,4)22(29)8-9-30(23,31)6/h15,20,22-24H,8-14,16,18H2,1-7H3,(H,38,41)/t20-,22-,23+,24-,29-,30+,31+,32-/m0/s1. The lowest BCUT2D eigenvalue weighted by molar-refractivity contribution is -0.222. The Labute approximate surface area is 242 Å². The lowest BCUT2D eigenvalue weighted by Crippen LogP contribution is -2.69. The van der Waals surface area contributed by atoms with Gasteiger partial charge in [0.05, 0.1) is 11.0 Å². The summed E-state index contributed by atoms with van der Waals surface area (Å²) in [6.45, 7) is 13.4. The first-order valence-corrected chi connectivity index (χ1v) is 15.2. The molecule has 0 unspecified atom stereocenters. The van der Waals surface area contributed by atoms with E-state index in [-0.39, 0.29) is 45.7 Å². The van der Waals surface area contributed by atoms with E-state index in [4.69, 9.17) is 0 Å². The quantitative estimate of drug-likeness (QED) is 0.386. The molecule has 4 fully saturated rings. The van der Waals surface area contributed by atoms with Crippen molar-refractivity contribution >= 4 is 17.5 Å². The molecule has 0 aromatic rings. The summed E-state index contributed by atoms with van der Waals surface area (Å²) in [5.74, 6) is -1.43. The molecule has 226 valence electrons. The highest BCUT2D eigenvalue weighted by Gasteiger charge is 2.73. The number of allylic oxidation sites excluding steroid dienone is 2. The number of carbonyl (C=O) groups is 3. The number of amides is 1. The number of rotatable bonds is 2. The van der Waals surface area contributed by atoms with Crippen LogP contribution in [0.1, 0.15) is 99.8 Å². The van der Waals surface area contributed by atoms with Gasteiger partial charge in [0, 0.05) is 17.8 Å². The average Bonchev–Trinajstić information content (AvgIpc) is 2.85. The Kier molecular flexibility index (Phi) is 6.59. The summed E-state index contributed by atoms with van der Waals surface area (Å²) in [4.78, 5) is 41.4. The number of fused-ring (bicyclic) bond motifs is 7. The number of hydrogen-bond acceptors (Lipinski definition) is 4. The molecule has 0 aliphatic heterocycles. The van der Waals surface area contributed by atoms with Crippen LogP contribution in [0.15, 0.2) is 11.6 Å². The molecule has 5 rings (SSSR count). The summed E-state index contributed by atoms with van der Waals surface area (Å²) < 4.78 is 39.4. The van der Waals surface area contributed by atoms with Crippen molar-refractivity contribution < 1.29 is 27.6 Å². The minimum Gasteiger partial charge on any atom is -0.346 e. The first-order chi connectivity index (χ1) is 18.7. The molecule has 0 heterocycles. The van der Waals surface area contributed by atoms with Crippen LogP contribution in [0.3, 0.4) is 0 Å². The van der Waals surface area contributed by atoms with E-state index in [0.717, 1.165) is 19.3 Å². The molecule has 0 bridgehead atoms. The molecule has 0 aromatic carbocycles. The zero-order valence-corrected chi connectivity index (χ0v) is 25.6. The molecular formula is C33H45F3N2O3. The largest absolute Gasteiger partial charge is 0.405 e. The lowest BCUT2D eigenvalue weighted by Gasteiger charge is -2.71. The first-order valence-electron chi connectivity index (χ1n) is 15.2. The second kappa shape index (κ2) is 8.92. The Morgan fingerprint density at radius 1 is 0.976 bits per heavy atom. The monoisotopic (exact) mass is 574 g/mol. The van der Waals surface area contributed by atoms with Crippen molar-refractivity contribution in [3.63, 3.8) is 0 Å². The normalized spacial score (nSPS) is 44.8. The molecule has 5 nitrogen and oxygen atoms in total. The summed E-state index contributed by atoms with van der Waals surface area (Å²) in [5.41, 5.74) is -2.95. The molecule has 0 spiro atoms. The van der Waals surface area contributed by atoms with E-state index in [1.54, 1.807) is 0 Å². The third-order valence-electron chi connectivity index (χ3n) is 13.4. The van der Waals surface area contributed by atoms with Gasteiger partial charge in [0.2, 0.25) is 5.91 Å². The summed E-state index contributed by atoms with van der Waals surface area (Å²) >= 11 is 0. The number of alkyl halides is 3. The van der Waals surface area contributed by atoms with Crippen molar-refractivity contribution in [2.24, 2.45) is 56.2 Å². The fraction of sp³-hybridized carbons (Fsp3) is 0.818. The van der Waals surface area contributed by atoms with Crippen LogP contribution in [0, 0.1) is 67.5 Å². The van der Waals surface area contributed by atoms with Gasteiger partial charge in [-0.1, -0.05) is 54.5 Å². The topological polar surface area (TPSA) is 87.0 Å². The molecule has 5 aliphatic rings. The maximum Gasteiger partial charge on any atom is 0.405 e. The predicted molar refractivity (Wildman–Crippen MR) is 148 cm³/mol. The predicted octanol–water partition coefficient (Wildman–Crippen LogP) is 6.96. The van der Waals surface area contributed by atoms with E-state index >= 15 is 0 Å². The fourth-order valence-corrected chi connectivity index (χ4v) is 11.1. The Balaban J connectivity index is 1.59. The van der Waals surface area contributed by atoms with Crippen LogP contribution in [0.2, 0.25) is 0 Å². The maximum atomic E-state index is 14.5. The van der Waals surface area contributed by atoms with Gasteiger partial charge in [0.1, 0.15) is 18.4 Å². The van der Waals surface area contributed by atoms with Gasteiger partial charge in [-0.2, -0.15) is 18.4 Å². The minimum atomic E-state index is -4.50. The number of ketones is 2. The number of Topliss-reactive ketones (excluding diaryl/α,β-unsaturated/α-hetero) is 2. The van der Waals surface area contributed by atoms with Gasteiger partial charge in [-0.3, -0.25) is 14.4 Å². The number of nitrogens with one attached hydrogen (secondary N) is 1. The van der Waals surface area contributed by atoms with Crippen molar-refractivity contribution in [1.82, 2.24) is 5.32 Å². The van der Waals surface area contributed by atoms with E-state index in [2.05, 4.69) is 46.0 Å². The average molecular weight is 575 g/mol. The Bertz CT molecular complexity index is 1260. The van der Waals surface area contributed by atoms with Crippen LogP contribution in [0.5, 0.6) is 0 Å². The molecule has 4 saturated carbocycles. The van der Waals surface area contributed by atoms with Gasteiger partial charge in [-0.25, -0.2) is 0 Å². The minimum absolute atomic E-state index is 0.00457. The second-order valence-electron chi connectivity index (χ2n) is 16.1. The van der Waals surface area contributed by atoms with Gasteiger partial charge in [0.25, 0.3) is 0 Å². The highest BCUT2D eigenvalue weighted by atomic mass is 19.4. The van der Waals surface area contributed by atoms with Gasteiger partial charge < -0.3 is 5.32 Å². The van der Waals surface area contributed by atoms with Gasteiger partial charge in [-0.15, -0.1) is 0 Å². The van der Waals surface area contributed by atoms with E-state index in [1.807, 2.05) is 19.9 Å². The molecule has 8 atom stereocenters. The van der Waals surface area contributed by atoms with E-state index in [0.29, 0.717) is 32.1 Å². The molecule has 41 heavy (non-hydrogen) atoms. The molecular weight excluding hydrogens is 529 g/mol. The third-order valence-corrected chi connectivity index (χ3v) is 13.4. The summed E-state index contributed by atoms with van der Waals surface area (Å²) in [6.07, 6.45) is 2.16. The van der Waals surface area contributed by atoms with Crippen molar-refractivity contribution in [2.45, 2.75) is 106 Å². The van der Waals surface area contributed by atoms with Crippen LogP contribution in [-0.2, 0) is 14.4 Å². The Hall–Kier alpha value is -2.17. The highest BCUT2D eigenvalue weighted by Crippen LogP contribution is 2.75. The highest BCUT2D eigenvalue weighted by molar-refractivity contribution is 6.04. The zero-order valence-electron chi connectivity index (χ0n) is 25.6. The Morgan fingerprint density at radius 2 is 1.61 bits per heavy atom. The van der Waals surface area contributed by atoms with Crippen LogP contribution in [-0.4, -0.2) is 30.2 Å². The maximum absolute atomic E-state index is 14.5. The molecule has 1 N–H and O–H groups in total. The van der Waals surface area contributed by atoms with Crippen LogP contribution < -0.4 is 5.32 Å².